The van der Waals surface area contributed by atoms with Gasteiger partial charge in [-0.15, -0.1) is 0 Å². The molecule has 3 heteroatoms. The van der Waals surface area contributed by atoms with Crippen molar-refractivity contribution in [2.45, 2.75) is 32.2 Å². The summed E-state index contributed by atoms with van der Waals surface area (Å²) in [4.78, 5) is 0. The van der Waals surface area contributed by atoms with Crippen molar-refractivity contribution in [2.75, 3.05) is 0 Å². The molecule has 1 aliphatic rings. The molecule has 2 N–H and O–H groups in total. The van der Waals surface area contributed by atoms with Crippen LogP contribution in [0.4, 0.5) is 0 Å². The first-order chi connectivity index (χ1) is 6.03. The molecule has 0 saturated heterocycles. The van der Waals surface area contributed by atoms with E-state index in [4.69, 9.17) is 5.73 Å². The Morgan fingerprint density at radius 1 is 1.62 bits per heavy atom. The number of nitrogens with two attached hydrogens (primary N) is 1. The van der Waals surface area contributed by atoms with Gasteiger partial charge in [-0.25, -0.2) is 0 Å². The maximum Gasteiger partial charge on any atom is 0.0492 e. The van der Waals surface area contributed by atoms with Crippen molar-refractivity contribution in [3.63, 3.8) is 0 Å². The van der Waals surface area contributed by atoms with Crippen LogP contribution in [0.1, 0.15) is 31.9 Å². The van der Waals surface area contributed by atoms with Crippen LogP contribution in [0.5, 0.6) is 0 Å². The van der Waals surface area contributed by atoms with Crippen molar-refractivity contribution >= 4 is 0 Å². The summed E-state index contributed by atoms with van der Waals surface area (Å²) in [6, 6.07) is 2.44. The first-order valence-electron chi connectivity index (χ1n) is 4.77. The fourth-order valence-corrected chi connectivity index (χ4v) is 2.19. The summed E-state index contributed by atoms with van der Waals surface area (Å²) in [7, 11) is 2.00. The second-order valence-corrected chi connectivity index (χ2v) is 4.60. The van der Waals surface area contributed by atoms with E-state index < -0.39 is 0 Å². The predicted octanol–water partition coefficient (Wildman–Crippen LogP) is 1.26. The van der Waals surface area contributed by atoms with E-state index in [0.717, 1.165) is 6.42 Å². The van der Waals surface area contributed by atoms with E-state index in [9.17, 15) is 0 Å². The van der Waals surface area contributed by atoms with Gasteiger partial charge in [-0.3, -0.25) is 4.68 Å². The Labute approximate surface area is 78.9 Å². The fraction of sp³-hybridized carbons (Fsp3) is 0.700. The third-order valence-corrected chi connectivity index (χ3v) is 3.56. The summed E-state index contributed by atoms with van der Waals surface area (Å²) < 4.78 is 1.96. The molecule has 0 radical (unpaired) electrons. The molecule has 13 heavy (non-hydrogen) atoms. The number of nitrogens with zero attached hydrogens (tertiary/aromatic N) is 2. The van der Waals surface area contributed by atoms with E-state index in [2.05, 4.69) is 25.0 Å². The molecule has 1 aliphatic carbocycles. The molecular formula is C10H17N3. The number of hydrogen-bond donors (Lipinski definition) is 1. The molecule has 72 valence electrons. The molecule has 0 spiro atoms. The topological polar surface area (TPSA) is 43.8 Å². The van der Waals surface area contributed by atoms with Crippen molar-refractivity contribution in [3.8, 4) is 0 Å². The summed E-state index contributed by atoms with van der Waals surface area (Å²) in [5.74, 6) is 0.579. The summed E-state index contributed by atoms with van der Waals surface area (Å²) in [5.41, 5.74) is 7.51. The molecule has 1 saturated carbocycles. The molecule has 0 aromatic carbocycles. The largest absolute Gasteiger partial charge is 0.327 e. The number of aromatic nitrogens is 2. The molecule has 0 aliphatic heterocycles. The minimum absolute atomic E-state index is 0.230. The lowest BCUT2D eigenvalue weighted by molar-refractivity contribution is 0.0925. The van der Waals surface area contributed by atoms with Crippen LogP contribution in [0.3, 0.4) is 0 Å². The van der Waals surface area contributed by atoms with Crippen LogP contribution in [0.25, 0.3) is 0 Å². The van der Waals surface area contributed by atoms with Gasteiger partial charge < -0.3 is 5.73 Å². The minimum atomic E-state index is 0.230. The van der Waals surface area contributed by atoms with E-state index in [-0.39, 0.29) is 5.41 Å². The number of hydrogen-bond acceptors (Lipinski definition) is 2. The molecular weight excluding hydrogens is 162 g/mol. The summed E-state index contributed by atoms with van der Waals surface area (Å²) in [6.07, 6.45) is 2.95. The van der Waals surface area contributed by atoms with E-state index in [0.29, 0.717) is 12.0 Å². The van der Waals surface area contributed by atoms with Crippen molar-refractivity contribution < 1.29 is 0 Å². The third-order valence-electron chi connectivity index (χ3n) is 3.56. The highest BCUT2D eigenvalue weighted by Crippen LogP contribution is 2.51. The lowest BCUT2D eigenvalue weighted by Crippen LogP contribution is -2.53. The third kappa shape index (κ3) is 1.10. The average Bonchev–Trinajstić information content (AvgIpc) is 2.47. The molecule has 2 atom stereocenters. The van der Waals surface area contributed by atoms with Crippen molar-refractivity contribution in [1.82, 2.24) is 9.78 Å². The molecule has 0 bridgehead atoms. The van der Waals surface area contributed by atoms with Crippen molar-refractivity contribution in [3.05, 3.63) is 18.0 Å². The highest BCUT2D eigenvalue weighted by Gasteiger charge is 2.47. The van der Waals surface area contributed by atoms with E-state index in [1.54, 1.807) is 0 Å². The predicted molar refractivity (Wildman–Crippen MR) is 52.3 cm³/mol. The molecule has 3 nitrogen and oxygen atoms in total. The van der Waals surface area contributed by atoms with Crippen LogP contribution in [-0.4, -0.2) is 15.8 Å². The Kier molecular flexibility index (Phi) is 1.74. The maximum atomic E-state index is 5.97. The van der Waals surface area contributed by atoms with Gasteiger partial charge in [0, 0.05) is 30.9 Å². The highest BCUT2D eigenvalue weighted by molar-refractivity contribution is 5.20. The average molecular weight is 179 g/mol. The van der Waals surface area contributed by atoms with Gasteiger partial charge in [-0.1, -0.05) is 13.8 Å². The maximum absolute atomic E-state index is 5.97. The van der Waals surface area contributed by atoms with Gasteiger partial charge in [0.25, 0.3) is 0 Å². The monoisotopic (exact) mass is 179 g/mol. The Balaban J connectivity index is 2.26. The number of aryl methyl sites for hydroxylation is 1. The van der Waals surface area contributed by atoms with Gasteiger partial charge in [-0.2, -0.15) is 5.10 Å². The lowest BCUT2D eigenvalue weighted by Gasteiger charge is -2.50. The van der Waals surface area contributed by atoms with Gasteiger partial charge in [0.15, 0.2) is 0 Å². The highest BCUT2D eigenvalue weighted by atomic mass is 15.3. The molecule has 1 fully saturated rings. The van der Waals surface area contributed by atoms with Crippen molar-refractivity contribution in [2.24, 2.45) is 18.2 Å². The first kappa shape index (κ1) is 8.75. The smallest absolute Gasteiger partial charge is 0.0492 e. The van der Waals surface area contributed by atoms with Crippen LogP contribution in [0.15, 0.2) is 12.3 Å². The second kappa shape index (κ2) is 2.58. The van der Waals surface area contributed by atoms with Gasteiger partial charge in [0.1, 0.15) is 0 Å². The number of rotatable bonds is 1. The standard InChI is InChI=1S/C10H17N3/c1-10(2)7(6-9(10)11)8-4-5-12-13(8)3/h4-5,7,9H,6,11H2,1-3H3. The van der Waals surface area contributed by atoms with Gasteiger partial charge >= 0.3 is 0 Å². The van der Waals surface area contributed by atoms with Crippen LogP contribution < -0.4 is 5.73 Å². The van der Waals surface area contributed by atoms with Gasteiger partial charge in [-0.05, 0) is 17.9 Å². The Morgan fingerprint density at radius 2 is 2.31 bits per heavy atom. The molecule has 1 heterocycles. The zero-order valence-electron chi connectivity index (χ0n) is 8.49. The SMILES string of the molecule is Cn1nccc1C1CC(N)C1(C)C. The molecule has 2 rings (SSSR count). The Bertz CT molecular complexity index is 314. The van der Waals surface area contributed by atoms with Gasteiger partial charge in [0.05, 0.1) is 0 Å². The lowest BCUT2D eigenvalue weighted by atomic mass is 9.58. The molecule has 2 unspecified atom stereocenters. The minimum Gasteiger partial charge on any atom is -0.327 e. The molecule has 1 aromatic heterocycles. The van der Waals surface area contributed by atoms with E-state index >= 15 is 0 Å². The molecule has 1 aromatic rings. The second-order valence-electron chi connectivity index (χ2n) is 4.60. The molecule has 0 amide bonds. The Hall–Kier alpha value is -0.830. The van der Waals surface area contributed by atoms with Crippen LogP contribution in [-0.2, 0) is 7.05 Å². The van der Waals surface area contributed by atoms with Crippen LogP contribution >= 0.6 is 0 Å². The normalized spacial score (nSPS) is 31.4. The van der Waals surface area contributed by atoms with Crippen LogP contribution in [0.2, 0.25) is 0 Å². The Morgan fingerprint density at radius 3 is 2.69 bits per heavy atom. The quantitative estimate of drug-likeness (QED) is 0.705. The zero-order valence-corrected chi connectivity index (χ0v) is 8.49. The van der Waals surface area contributed by atoms with Crippen molar-refractivity contribution in [1.29, 1.82) is 0 Å². The summed E-state index contributed by atoms with van der Waals surface area (Å²) in [6.45, 7) is 4.47. The summed E-state index contributed by atoms with van der Waals surface area (Å²) >= 11 is 0. The summed E-state index contributed by atoms with van der Waals surface area (Å²) in [5, 5.41) is 4.19. The fourth-order valence-electron chi connectivity index (χ4n) is 2.19. The van der Waals surface area contributed by atoms with E-state index in [1.807, 2.05) is 17.9 Å². The first-order valence-corrected chi connectivity index (χ1v) is 4.77. The zero-order chi connectivity index (χ0) is 9.64. The van der Waals surface area contributed by atoms with Gasteiger partial charge in [0.2, 0.25) is 0 Å². The van der Waals surface area contributed by atoms with E-state index in [1.165, 1.54) is 5.69 Å². The van der Waals surface area contributed by atoms with Crippen LogP contribution in [0, 0.1) is 5.41 Å².